The number of hydrogen-bond donors (Lipinski definition) is 0. The molecular formula is C20H16O4. The predicted octanol–water partition coefficient (Wildman–Crippen LogP) is 3.34. The lowest BCUT2D eigenvalue weighted by Gasteiger charge is -2.15. The third-order valence-corrected chi connectivity index (χ3v) is 3.47. The zero-order chi connectivity index (χ0) is 16.8. The molecule has 1 aliphatic rings. The van der Waals surface area contributed by atoms with Crippen LogP contribution in [0.3, 0.4) is 0 Å². The summed E-state index contributed by atoms with van der Waals surface area (Å²) in [5.74, 6) is -0.717. The monoisotopic (exact) mass is 320 g/mol. The quantitative estimate of drug-likeness (QED) is 0.766. The van der Waals surface area contributed by atoms with E-state index in [1.807, 2.05) is 60.7 Å². The summed E-state index contributed by atoms with van der Waals surface area (Å²) in [7, 11) is 0. The van der Waals surface area contributed by atoms with Crippen LogP contribution in [0.25, 0.3) is 0 Å². The number of ether oxygens (including phenoxy) is 2. The average molecular weight is 320 g/mol. The Hall–Kier alpha value is -3.14. The van der Waals surface area contributed by atoms with Crippen molar-refractivity contribution in [3.8, 4) is 0 Å². The van der Waals surface area contributed by atoms with Crippen molar-refractivity contribution >= 4 is 11.6 Å². The smallest absolute Gasteiger partial charge is 0.262 e. The summed E-state index contributed by atoms with van der Waals surface area (Å²) in [5.41, 5.74) is 1.83. The van der Waals surface area contributed by atoms with Crippen molar-refractivity contribution in [3.63, 3.8) is 0 Å². The van der Waals surface area contributed by atoms with Gasteiger partial charge in [0.25, 0.3) is 5.78 Å². The summed E-state index contributed by atoms with van der Waals surface area (Å²) < 4.78 is 11.0. The van der Waals surface area contributed by atoms with E-state index in [4.69, 9.17) is 9.47 Å². The third-order valence-electron chi connectivity index (χ3n) is 3.47. The first-order valence-electron chi connectivity index (χ1n) is 7.58. The summed E-state index contributed by atoms with van der Waals surface area (Å²) in [4.78, 5) is 24.2. The van der Waals surface area contributed by atoms with Gasteiger partial charge in [-0.1, -0.05) is 60.7 Å². The second-order valence-corrected chi connectivity index (χ2v) is 5.30. The molecule has 0 radical (unpaired) electrons. The molecule has 0 unspecified atom stereocenters. The number of allylic oxidation sites excluding steroid dienone is 2. The van der Waals surface area contributed by atoms with Crippen molar-refractivity contribution in [2.75, 3.05) is 0 Å². The lowest BCUT2D eigenvalue weighted by atomic mass is 10.1. The Kier molecular flexibility index (Phi) is 4.87. The van der Waals surface area contributed by atoms with E-state index in [0.717, 1.165) is 11.1 Å². The highest BCUT2D eigenvalue weighted by Gasteiger charge is 2.24. The number of hydrogen-bond acceptors (Lipinski definition) is 4. The van der Waals surface area contributed by atoms with Crippen LogP contribution in [-0.4, -0.2) is 11.6 Å². The Balaban J connectivity index is 1.63. The molecule has 4 heteroatoms. The van der Waals surface area contributed by atoms with Crippen LogP contribution in [0.1, 0.15) is 11.1 Å². The van der Waals surface area contributed by atoms with E-state index in [2.05, 4.69) is 0 Å². The number of benzene rings is 2. The molecule has 2 aromatic carbocycles. The highest BCUT2D eigenvalue weighted by atomic mass is 16.5. The molecule has 0 N–H and O–H groups in total. The van der Waals surface area contributed by atoms with Crippen molar-refractivity contribution in [2.45, 2.75) is 13.2 Å². The average Bonchev–Trinajstić information content (AvgIpc) is 2.62. The molecular weight excluding hydrogens is 304 g/mol. The van der Waals surface area contributed by atoms with Crippen LogP contribution in [0.5, 0.6) is 0 Å². The van der Waals surface area contributed by atoms with Gasteiger partial charge in [0.2, 0.25) is 0 Å². The minimum absolute atomic E-state index is 0.00872. The lowest BCUT2D eigenvalue weighted by molar-refractivity contribution is -0.121. The maximum absolute atomic E-state index is 12.4. The first-order chi connectivity index (χ1) is 11.7. The molecule has 120 valence electrons. The molecule has 0 atom stereocenters. The Morgan fingerprint density at radius 2 is 1.04 bits per heavy atom. The fraction of sp³-hybridized carbons (Fsp3) is 0.100. The first kappa shape index (κ1) is 15.7. The van der Waals surface area contributed by atoms with E-state index >= 15 is 0 Å². The van der Waals surface area contributed by atoms with Gasteiger partial charge in [0.1, 0.15) is 13.2 Å². The molecule has 0 amide bonds. The van der Waals surface area contributed by atoms with Gasteiger partial charge >= 0.3 is 0 Å². The summed E-state index contributed by atoms with van der Waals surface area (Å²) in [6.45, 7) is 0.440. The molecule has 0 heterocycles. The molecule has 1 aliphatic carbocycles. The van der Waals surface area contributed by atoms with Gasteiger partial charge < -0.3 is 9.47 Å². The van der Waals surface area contributed by atoms with Crippen molar-refractivity contribution in [1.29, 1.82) is 0 Å². The minimum Gasteiger partial charge on any atom is -0.485 e. The number of carbonyl (C=O) groups is 2. The molecule has 0 bridgehead atoms. The molecule has 0 aromatic heterocycles. The van der Waals surface area contributed by atoms with Gasteiger partial charge in [-0.15, -0.1) is 0 Å². The fourth-order valence-electron chi connectivity index (χ4n) is 2.24. The topological polar surface area (TPSA) is 52.6 Å². The van der Waals surface area contributed by atoms with E-state index < -0.39 is 5.78 Å². The highest BCUT2D eigenvalue weighted by molar-refractivity contribution is 6.18. The Labute approximate surface area is 140 Å². The minimum atomic E-state index is -0.415. The number of Topliss-reactive ketones (excluding diaryl/α,β-unsaturated/α-hetero) is 1. The SMILES string of the molecule is O=C1C=C(OCc2ccccc2)C(=O)C(OCc2ccccc2)=C1. The van der Waals surface area contributed by atoms with Gasteiger partial charge in [-0.25, -0.2) is 0 Å². The molecule has 0 aliphatic heterocycles. The number of ketones is 2. The van der Waals surface area contributed by atoms with Gasteiger partial charge in [-0.3, -0.25) is 9.59 Å². The molecule has 24 heavy (non-hydrogen) atoms. The molecule has 0 saturated carbocycles. The van der Waals surface area contributed by atoms with Crippen molar-refractivity contribution in [3.05, 3.63) is 95.5 Å². The van der Waals surface area contributed by atoms with Crippen molar-refractivity contribution < 1.29 is 19.1 Å². The number of rotatable bonds is 6. The van der Waals surface area contributed by atoms with Crippen LogP contribution < -0.4 is 0 Å². The lowest BCUT2D eigenvalue weighted by Crippen LogP contribution is -2.18. The van der Waals surface area contributed by atoms with Gasteiger partial charge in [0, 0.05) is 12.2 Å². The van der Waals surface area contributed by atoms with Crippen LogP contribution in [0, 0.1) is 0 Å². The Morgan fingerprint density at radius 1 is 0.625 bits per heavy atom. The van der Waals surface area contributed by atoms with E-state index in [-0.39, 0.29) is 30.5 Å². The van der Waals surface area contributed by atoms with Crippen LogP contribution in [0.15, 0.2) is 84.3 Å². The summed E-state index contributed by atoms with van der Waals surface area (Å²) in [6, 6.07) is 18.9. The largest absolute Gasteiger partial charge is 0.485 e. The van der Waals surface area contributed by atoms with Crippen LogP contribution >= 0.6 is 0 Å². The molecule has 0 saturated heterocycles. The molecule has 4 nitrogen and oxygen atoms in total. The fourth-order valence-corrected chi connectivity index (χ4v) is 2.24. The first-order valence-corrected chi connectivity index (χ1v) is 7.58. The standard InChI is InChI=1S/C20H16O4/c21-17-11-18(23-13-15-7-3-1-4-8-15)20(22)19(12-17)24-14-16-9-5-2-6-10-16/h1-12H,13-14H2. The third kappa shape index (κ3) is 3.98. The second kappa shape index (κ2) is 7.42. The van der Waals surface area contributed by atoms with Crippen LogP contribution in [0.4, 0.5) is 0 Å². The Bertz CT molecular complexity index is 723. The second-order valence-electron chi connectivity index (χ2n) is 5.30. The van der Waals surface area contributed by atoms with E-state index in [1.165, 1.54) is 12.2 Å². The van der Waals surface area contributed by atoms with E-state index in [0.29, 0.717) is 0 Å². The predicted molar refractivity (Wildman–Crippen MR) is 88.6 cm³/mol. The van der Waals surface area contributed by atoms with Crippen LogP contribution in [-0.2, 0) is 32.3 Å². The highest BCUT2D eigenvalue weighted by Crippen LogP contribution is 2.18. The van der Waals surface area contributed by atoms with Crippen LogP contribution in [0.2, 0.25) is 0 Å². The maximum Gasteiger partial charge on any atom is 0.262 e. The van der Waals surface area contributed by atoms with Gasteiger partial charge in [-0.2, -0.15) is 0 Å². The molecule has 0 fully saturated rings. The summed E-state index contributed by atoms with van der Waals surface area (Å²) in [6.07, 6.45) is 2.39. The molecule has 2 aromatic rings. The van der Waals surface area contributed by atoms with Gasteiger partial charge in [0.05, 0.1) is 0 Å². The molecule has 3 rings (SSSR count). The van der Waals surface area contributed by atoms with Gasteiger partial charge in [-0.05, 0) is 11.1 Å². The summed E-state index contributed by atoms with van der Waals surface area (Å²) >= 11 is 0. The summed E-state index contributed by atoms with van der Waals surface area (Å²) in [5, 5.41) is 0. The zero-order valence-electron chi connectivity index (χ0n) is 13.0. The maximum atomic E-state index is 12.4. The Morgan fingerprint density at radius 3 is 1.46 bits per heavy atom. The van der Waals surface area contributed by atoms with E-state index in [9.17, 15) is 9.59 Å². The molecule has 0 spiro atoms. The number of carbonyl (C=O) groups excluding carboxylic acids is 2. The zero-order valence-corrected chi connectivity index (χ0v) is 13.0. The normalized spacial score (nSPS) is 14.0. The van der Waals surface area contributed by atoms with E-state index in [1.54, 1.807) is 0 Å². The van der Waals surface area contributed by atoms with Gasteiger partial charge in [0.15, 0.2) is 17.3 Å². The van der Waals surface area contributed by atoms with Crippen molar-refractivity contribution in [2.24, 2.45) is 0 Å². The van der Waals surface area contributed by atoms with Crippen molar-refractivity contribution in [1.82, 2.24) is 0 Å².